The largest absolute Gasteiger partial charge is 0.493 e. The second-order valence-corrected chi connectivity index (χ2v) is 6.48. The van der Waals surface area contributed by atoms with Gasteiger partial charge in [-0.15, -0.1) is 0 Å². The van der Waals surface area contributed by atoms with Crippen molar-refractivity contribution in [1.29, 1.82) is 5.26 Å². The average Bonchev–Trinajstić information content (AvgIpc) is 2.40. The summed E-state index contributed by atoms with van der Waals surface area (Å²) < 4.78 is 5.89. The van der Waals surface area contributed by atoms with Crippen molar-refractivity contribution in [1.82, 2.24) is 0 Å². The summed E-state index contributed by atoms with van der Waals surface area (Å²) in [4.78, 5) is 0. The first-order valence-corrected chi connectivity index (χ1v) is 7.50. The van der Waals surface area contributed by atoms with Crippen molar-refractivity contribution in [2.75, 3.05) is 6.61 Å². The molecule has 1 aromatic rings. The Balaban J connectivity index is 2.43. The number of nitrogens with zero attached hydrogens (tertiary/aromatic N) is 1. The van der Waals surface area contributed by atoms with Crippen LogP contribution in [0.2, 0.25) is 0 Å². The Hall–Kier alpha value is -1.49. The van der Waals surface area contributed by atoms with Crippen molar-refractivity contribution >= 4 is 0 Å². The summed E-state index contributed by atoms with van der Waals surface area (Å²) >= 11 is 0. The lowest BCUT2D eigenvalue weighted by atomic mass is 9.89. The van der Waals surface area contributed by atoms with Gasteiger partial charge in [0, 0.05) is 0 Å². The van der Waals surface area contributed by atoms with Crippen molar-refractivity contribution < 1.29 is 4.74 Å². The van der Waals surface area contributed by atoms with Crippen LogP contribution in [-0.2, 0) is 0 Å². The molecule has 2 heteroatoms. The normalized spacial score (nSPS) is 11.4. The highest BCUT2D eigenvalue weighted by molar-refractivity contribution is 5.37. The lowest BCUT2D eigenvalue weighted by Crippen LogP contribution is -2.08. The molecule has 0 atom stereocenters. The van der Waals surface area contributed by atoms with Crippen molar-refractivity contribution in [3.63, 3.8) is 0 Å². The predicted octanol–water partition coefficient (Wildman–Crippen LogP) is 5.22. The Labute approximate surface area is 123 Å². The Morgan fingerprint density at radius 3 is 2.55 bits per heavy atom. The molecule has 0 unspecified atom stereocenters. The van der Waals surface area contributed by atoms with Gasteiger partial charge in [0.25, 0.3) is 0 Å². The molecule has 0 aliphatic carbocycles. The van der Waals surface area contributed by atoms with E-state index in [0.29, 0.717) is 5.92 Å². The lowest BCUT2D eigenvalue weighted by Gasteiger charge is -2.15. The molecule has 1 rings (SSSR count). The molecular formula is C18H27NO. The van der Waals surface area contributed by atoms with Gasteiger partial charge in [-0.2, -0.15) is 5.26 Å². The summed E-state index contributed by atoms with van der Waals surface area (Å²) in [6.45, 7) is 11.2. The summed E-state index contributed by atoms with van der Waals surface area (Å²) in [5, 5.41) is 8.97. The van der Waals surface area contributed by atoms with Crippen LogP contribution in [0.3, 0.4) is 0 Å². The molecule has 0 aliphatic rings. The number of hydrogen-bond acceptors (Lipinski definition) is 2. The van der Waals surface area contributed by atoms with E-state index in [9.17, 15) is 0 Å². The van der Waals surface area contributed by atoms with E-state index >= 15 is 0 Å². The Morgan fingerprint density at radius 1 is 1.25 bits per heavy atom. The van der Waals surface area contributed by atoms with E-state index < -0.39 is 0 Å². The number of nitriles is 1. The molecule has 0 saturated heterocycles. The molecule has 0 radical (unpaired) electrons. The van der Waals surface area contributed by atoms with Gasteiger partial charge < -0.3 is 4.74 Å². The van der Waals surface area contributed by atoms with Crippen LogP contribution in [0.5, 0.6) is 5.75 Å². The van der Waals surface area contributed by atoms with Crippen molar-refractivity contribution in [2.24, 2.45) is 5.41 Å². The highest BCUT2D eigenvalue weighted by Gasteiger charge is 2.15. The zero-order valence-electron chi connectivity index (χ0n) is 13.5. The minimum absolute atomic E-state index is 0.215. The maximum Gasteiger partial charge on any atom is 0.122 e. The van der Waals surface area contributed by atoms with Crippen LogP contribution in [0.15, 0.2) is 18.2 Å². The molecule has 20 heavy (non-hydrogen) atoms. The molecule has 0 fully saturated rings. The van der Waals surface area contributed by atoms with E-state index in [2.05, 4.69) is 45.0 Å². The molecule has 2 nitrogen and oxygen atoms in total. The molecule has 0 amide bonds. The fourth-order valence-corrected chi connectivity index (χ4v) is 2.04. The average molecular weight is 273 g/mol. The molecule has 0 aromatic heterocycles. The van der Waals surface area contributed by atoms with Gasteiger partial charge >= 0.3 is 0 Å². The third-order valence-electron chi connectivity index (χ3n) is 3.64. The first-order chi connectivity index (χ1) is 9.35. The van der Waals surface area contributed by atoms with Crippen molar-refractivity contribution in [3.8, 4) is 11.8 Å². The van der Waals surface area contributed by atoms with Gasteiger partial charge in [0.05, 0.1) is 18.1 Å². The van der Waals surface area contributed by atoms with E-state index in [4.69, 9.17) is 10.00 Å². The molecule has 0 bridgehead atoms. The second kappa shape index (κ2) is 7.33. The van der Waals surface area contributed by atoms with Gasteiger partial charge in [0.2, 0.25) is 0 Å². The topological polar surface area (TPSA) is 33.0 Å². The predicted molar refractivity (Wildman–Crippen MR) is 84.0 cm³/mol. The van der Waals surface area contributed by atoms with Crippen LogP contribution < -0.4 is 4.74 Å². The fourth-order valence-electron chi connectivity index (χ4n) is 2.04. The van der Waals surface area contributed by atoms with Crippen LogP contribution in [0.25, 0.3) is 0 Å². The van der Waals surface area contributed by atoms with E-state index in [1.165, 1.54) is 11.1 Å². The maximum atomic E-state index is 8.97. The lowest BCUT2D eigenvalue weighted by molar-refractivity contribution is 0.293. The fraction of sp³-hybridized carbons (Fsp3) is 0.611. The number of hydrogen-bond donors (Lipinski definition) is 0. The molecule has 110 valence electrons. The Kier molecular flexibility index (Phi) is 6.07. The van der Waals surface area contributed by atoms with Gasteiger partial charge in [0.1, 0.15) is 5.75 Å². The zero-order chi connectivity index (χ0) is 15.2. The molecule has 0 heterocycles. The first kappa shape index (κ1) is 16.6. The van der Waals surface area contributed by atoms with Gasteiger partial charge in [-0.25, -0.2) is 0 Å². The number of benzene rings is 1. The summed E-state index contributed by atoms with van der Waals surface area (Å²) in [5.41, 5.74) is 2.29. The van der Waals surface area contributed by atoms with Gasteiger partial charge in [-0.1, -0.05) is 26.0 Å². The summed E-state index contributed by atoms with van der Waals surface area (Å²) in [5.74, 6) is 1.52. The van der Waals surface area contributed by atoms with Crippen LogP contribution in [0.1, 0.15) is 64.0 Å². The SMILES string of the molecule is Cc1ccc(C(C)C)cc1OCCCCC(C)(C)C#N. The number of rotatable bonds is 7. The minimum atomic E-state index is -0.215. The third kappa shape index (κ3) is 5.25. The molecule has 0 aliphatic heterocycles. The molecular weight excluding hydrogens is 246 g/mol. The molecule has 1 aromatic carbocycles. The molecule has 0 N–H and O–H groups in total. The number of aryl methyl sites for hydroxylation is 1. The maximum absolute atomic E-state index is 8.97. The van der Waals surface area contributed by atoms with E-state index in [-0.39, 0.29) is 5.41 Å². The molecule has 0 saturated carbocycles. The van der Waals surface area contributed by atoms with Crippen molar-refractivity contribution in [2.45, 2.75) is 59.8 Å². The highest BCUT2D eigenvalue weighted by Crippen LogP contribution is 2.25. The smallest absolute Gasteiger partial charge is 0.122 e. The highest BCUT2D eigenvalue weighted by atomic mass is 16.5. The third-order valence-corrected chi connectivity index (χ3v) is 3.64. The zero-order valence-corrected chi connectivity index (χ0v) is 13.5. The summed E-state index contributed by atoms with van der Waals surface area (Å²) in [7, 11) is 0. The number of unbranched alkanes of at least 4 members (excludes halogenated alkanes) is 1. The minimum Gasteiger partial charge on any atom is -0.493 e. The van der Waals surface area contributed by atoms with Crippen molar-refractivity contribution in [3.05, 3.63) is 29.3 Å². The van der Waals surface area contributed by atoms with Crippen LogP contribution in [0, 0.1) is 23.7 Å². The summed E-state index contributed by atoms with van der Waals surface area (Å²) in [6, 6.07) is 8.79. The van der Waals surface area contributed by atoms with E-state index in [1.807, 2.05) is 13.8 Å². The van der Waals surface area contributed by atoms with E-state index in [0.717, 1.165) is 31.6 Å². The van der Waals surface area contributed by atoms with Gasteiger partial charge in [-0.3, -0.25) is 0 Å². The molecule has 0 spiro atoms. The summed E-state index contributed by atoms with van der Waals surface area (Å²) in [6.07, 6.45) is 2.96. The van der Waals surface area contributed by atoms with E-state index in [1.54, 1.807) is 0 Å². The number of ether oxygens (including phenoxy) is 1. The second-order valence-electron chi connectivity index (χ2n) is 6.48. The standard InChI is InChI=1S/C18H27NO/c1-14(2)16-9-8-15(3)17(12-16)20-11-7-6-10-18(4,5)13-19/h8-9,12,14H,6-7,10-11H2,1-5H3. The van der Waals surface area contributed by atoms with Crippen LogP contribution in [0.4, 0.5) is 0 Å². The van der Waals surface area contributed by atoms with Gasteiger partial charge in [-0.05, 0) is 63.1 Å². The van der Waals surface area contributed by atoms with Gasteiger partial charge in [0.15, 0.2) is 0 Å². The quantitative estimate of drug-likeness (QED) is 0.638. The van der Waals surface area contributed by atoms with Crippen LogP contribution >= 0.6 is 0 Å². The Morgan fingerprint density at radius 2 is 1.95 bits per heavy atom. The van der Waals surface area contributed by atoms with Crippen LogP contribution in [-0.4, -0.2) is 6.61 Å². The first-order valence-electron chi connectivity index (χ1n) is 7.50. The Bertz CT molecular complexity index is 469. The monoisotopic (exact) mass is 273 g/mol.